The molecule has 1 atom stereocenters. The van der Waals surface area contributed by atoms with Gasteiger partial charge in [0.1, 0.15) is 0 Å². The lowest BCUT2D eigenvalue weighted by atomic mass is 10.3. The molecule has 0 saturated carbocycles. The molecular formula is C18H38O7. The third-order valence-electron chi connectivity index (χ3n) is 3.28. The molecule has 25 heavy (non-hydrogen) atoms. The van der Waals surface area contributed by atoms with Crippen LogP contribution in [-0.2, 0) is 28.4 Å². The molecule has 7 nitrogen and oxygen atoms in total. The van der Waals surface area contributed by atoms with Crippen LogP contribution in [0.5, 0.6) is 0 Å². The topological polar surface area (TPSA) is 75.6 Å². The van der Waals surface area contributed by atoms with Crippen LogP contribution < -0.4 is 0 Å². The Hall–Kier alpha value is -0.280. The van der Waals surface area contributed by atoms with Gasteiger partial charge in [0, 0.05) is 6.61 Å². The van der Waals surface area contributed by atoms with Gasteiger partial charge in [0.05, 0.1) is 78.8 Å². The number of hydrogen-bond acceptors (Lipinski definition) is 7. The molecule has 0 aliphatic carbocycles. The van der Waals surface area contributed by atoms with E-state index in [-0.39, 0.29) is 6.10 Å². The number of hydrogen-bond donors (Lipinski definition) is 1. The molecule has 0 aliphatic rings. The lowest BCUT2D eigenvalue weighted by Gasteiger charge is -2.09. The van der Waals surface area contributed by atoms with Crippen molar-refractivity contribution in [3.05, 3.63) is 0 Å². The Morgan fingerprint density at radius 2 is 0.920 bits per heavy atom. The molecule has 0 aromatic rings. The largest absolute Gasteiger partial charge is 0.391 e. The van der Waals surface area contributed by atoms with E-state index >= 15 is 0 Å². The summed E-state index contributed by atoms with van der Waals surface area (Å²) >= 11 is 0. The monoisotopic (exact) mass is 366 g/mol. The number of rotatable bonds is 21. The average molecular weight is 366 g/mol. The Labute approximate surface area is 152 Å². The molecule has 0 aliphatic heterocycles. The predicted octanol–water partition coefficient (Wildman–Crippen LogP) is 1.66. The van der Waals surface area contributed by atoms with Crippen LogP contribution in [0.3, 0.4) is 0 Å². The molecule has 0 rings (SSSR count). The van der Waals surface area contributed by atoms with Gasteiger partial charge in [-0.05, 0) is 12.8 Å². The summed E-state index contributed by atoms with van der Waals surface area (Å²) in [6, 6.07) is 0. The minimum Gasteiger partial charge on any atom is -0.391 e. The van der Waals surface area contributed by atoms with Crippen LogP contribution in [0.1, 0.15) is 33.1 Å². The van der Waals surface area contributed by atoms with Gasteiger partial charge in [0.2, 0.25) is 0 Å². The molecule has 1 N–H and O–H groups in total. The van der Waals surface area contributed by atoms with Gasteiger partial charge in [-0.1, -0.05) is 20.3 Å². The molecular weight excluding hydrogens is 328 g/mol. The molecule has 0 aromatic carbocycles. The molecule has 0 spiro atoms. The first-order valence-corrected chi connectivity index (χ1v) is 9.45. The Morgan fingerprint density at radius 1 is 0.560 bits per heavy atom. The molecule has 0 aromatic heterocycles. The Bertz CT molecular complexity index is 241. The molecule has 7 heteroatoms. The SMILES string of the molecule is CCCCOCCOCCOCCOCCOCCOCC(O)CC. The molecule has 0 saturated heterocycles. The minimum atomic E-state index is -0.382. The summed E-state index contributed by atoms with van der Waals surface area (Å²) in [7, 11) is 0. The summed E-state index contributed by atoms with van der Waals surface area (Å²) < 4.78 is 32.2. The van der Waals surface area contributed by atoms with Crippen molar-refractivity contribution in [2.45, 2.75) is 39.2 Å². The Kier molecular flexibility index (Phi) is 21.5. The zero-order chi connectivity index (χ0) is 18.4. The lowest BCUT2D eigenvalue weighted by molar-refractivity contribution is -0.0239. The van der Waals surface area contributed by atoms with Gasteiger partial charge in [-0.3, -0.25) is 0 Å². The van der Waals surface area contributed by atoms with Gasteiger partial charge in [-0.15, -0.1) is 0 Å². The van der Waals surface area contributed by atoms with Gasteiger partial charge < -0.3 is 33.5 Å². The van der Waals surface area contributed by atoms with E-state index in [2.05, 4.69) is 6.92 Å². The summed E-state index contributed by atoms with van der Waals surface area (Å²) in [5.74, 6) is 0. The highest BCUT2D eigenvalue weighted by atomic mass is 16.6. The minimum absolute atomic E-state index is 0.364. The van der Waals surface area contributed by atoms with Crippen molar-refractivity contribution in [1.29, 1.82) is 0 Å². The van der Waals surface area contributed by atoms with Gasteiger partial charge in [0.15, 0.2) is 0 Å². The summed E-state index contributed by atoms with van der Waals surface area (Å²) in [5.41, 5.74) is 0. The second-order valence-electron chi connectivity index (χ2n) is 5.55. The molecule has 0 radical (unpaired) electrons. The molecule has 0 heterocycles. The van der Waals surface area contributed by atoms with Gasteiger partial charge >= 0.3 is 0 Å². The number of aliphatic hydroxyl groups is 1. The second kappa shape index (κ2) is 21.8. The normalized spacial score (nSPS) is 12.6. The van der Waals surface area contributed by atoms with Crippen molar-refractivity contribution in [3.63, 3.8) is 0 Å². The zero-order valence-corrected chi connectivity index (χ0v) is 16.1. The van der Waals surface area contributed by atoms with E-state index in [1.807, 2.05) is 6.92 Å². The van der Waals surface area contributed by atoms with Crippen molar-refractivity contribution in [3.8, 4) is 0 Å². The third kappa shape index (κ3) is 21.7. The van der Waals surface area contributed by atoms with Gasteiger partial charge in [-0.2, -0.15) is 0 Å². The third-order valence-corrected chi connectivity index (χ3v) is 3.28. The van der Waals surface area contributed by atoms with E-state index < -0.39 is 0 Å². The zero-order valence-electron chi connectivity index (χ0n) is 16.1. The van der Waals surface area contributed by atoms with Crippen molar-refractivity contribution < 1.29 is 33.5 Å². The molecule has 0 fully saturated rings. The van der Waals surface area contributed by atoms with Crippen LogP contribution in [0.2, 0.25) is 0 Å². The van der Waals surface area contributed by atoms with Crippen molar-refractivity contribution >= 4 is 0 Å². The van der Waals surface area contributed by atoms with Crippen molar-refractivity contribution in [1.82, 2.24) is 0 Å². The van der Waals surface area contributed by atoms with Crippen LogP contribution in [0.25, 0.3) is 0 Å². The van der Waals surface area contributed by atoms with Crippen LogP contribution in [0, 0.1) is 0 Å². The highest BCUT2D eigenvalue weighted by molar-refractivity contribution is 4.48. The van der Waals surface area contributed by atoms with E-state index in [1.54, 1.807) is 0 Å². The standard InChI is InChI=1S/C18H38O7/c1-3-5-6-20-7-8-21-9-10-22-11-12-23-13-14-24-15-16-25-17-18(19)4-2/h18-19H,3-17H2,1-2H3. The maximum Gasteiger partial charge on any atom is 0.0771 e. The quantitative estimate of drug-likeness (QED) is 0.310. The molecule has 0 bridgehead atoms. The van der Waals surface area contributed by atoms with E-state index in [0.29, 0.717) is 79.1 Å². The molecule has 0 amide bonds. The lowest BCUT2D eigenvalue weighted by Crippen LogP contribution is -2.17. The summed E-state index contributed by atoms with van der Waals surface area (Å²) in [6.07, 6.45) is 2.58. The first-order chi connectivity index (χ1) is 12.3. The van der Waals surface area contributed by atoms with Crippen molar-refractivity contribution in [2.75, 3.05) is 79.3 Å². The first kappa shape index (κ1) is 24.7. The number of aliphatic hydroxyl groups excluding tert-OH is 1. The average Bonchev–Trinajstić information content (AvgIpc) is 2.63. The summed E-state index contributed by atoms with van der Waals surface area (Å²) in [4.78, 5) is 0. The van der Waals surface area contributed by atoms with E-state index in [4.69, 9.17) is 28.4 Å². The van der Waals surface area contributed by atoms with Crippen molar-refractivity contribution in [2.24, 2.45) is 0 Å². The van der Waals surface area contributed by atoms with E-state index in [9.17, 15) is 5.11 Å². The smallest absolute Gasteiger partial charge is 0.0771 e. The van der Waals surface area contributed by atoms with Gasteiger partial charge in [0.25, 0.3) is 0 Å². The highest BCUT2D eigenvalue weighted by Crippen LogP contribution is 1.91. The first-order valence-electron chi connectivity index (χ1n) is 9.45. The van der Waals surface area contributed by atoms with Gasteiger partial charge in [-0.25, -0.2) is 0 Å². The number of unbranched alkanes of at least 4 members (excludes halogenated alkanes) is 1. The fourth-order valence-electron chi connectivity index (χ4n) is 1.68. The Morgan fingerprint density at radius 3 is 1.28 bits per heavy atom. The maximum atomic E-state index is 9.29. The van der Waals surface area contributed by atoms with Crippen LogP contribution in [-0.4, -0.2) is 90.5 Å². The second-order valence-corrected chi connectivity index (χ2v) is 5.55. The van der Waals surface area contributed by atoms with Crippen LogP contribution in [0.4, 0.5) is 0 Å². The molecule has 152 valence electrons. The predicted molar refractivity (Wildman–Crippen MR) is 96.1 cm³/mol. The fraction of sp³-hybridized carbons (Fsp3) is 1.00. The Balaban J connectivity index is 2.98. The fourth-order valence-corrected chi connectivity index (χ4v) is 1.68. The summed E-state index contributed by atoms with van der Waals surface area (Å²) in [5, 5.41) is 9.29. The highest BCUT2D eigenvalue weighted by Gasteiger charge is 1.99. The number of ether oxygens (including phenoxy) is 6. The van der Waals surface area contributed by atoms with Crippen LogP contribution >= 0.6 is 0 Å². The summed E-state index contributed by atoms with van der Waals surface area (Å²) in [6.45, 7) is 10.8. The van der Waals surface area contributed by atoms with E-state index in [0.717, 1.165) is 19.4 Å². The molecule has 1 unspecified atom stereocenters. The van der Waals surface area contributed by atoms with Crippen LogP contribution in [0.15, 0.2) is 0 Å². The maximum absolute atomic E-state index is 9.29. The van der Waals surface area contributed by atoms with E-state index in [1.165, 1.54) is 0 Å².